The van der Waals surface area contributed by atoms with E-state index in [9.17, 15) is 9.18 Å². The van der Waals surface area contributed by atoms with Crippen molar-refractivity contribution in [1.29, 1.82) is 0 Å². The van der Waals surface area contributed by atoms with Gasteiger partial charge in [0.05, 0.1) is 16.8 Å². The normalized spacial score (nSPS) is 16.1. The van der Waals surface area contributed by atoms with Gasteiger partial charge in [-0.25, -0.2) is 4.39 Å². The maximum Gasteiger partial charge on any atom is 0.251 e. The standard InChI is InChI=1S/C22H21ClFN3O2/c23-18-8-9-25-21-17(18)6-7-19(20(21)24)26-12-14-3-1-4-15(11-14)22(28)27-13-16-5-2-10-29-16/h1,3-4,6-9,11,16,26H,2,5,10,12-13H2,(H,27,28). The van der Waals surface area contributed by atoms with Crippen LogP contribution in [-0.4, -0.2) is 30.1 Å². The molecule has 1 unspecified atom stereocenters. The molecule has 1 saturated heterocycles. The molecule has 0 bridgehead atoms. The van der Waals surface area contributed by atoms with Crippen LogP contribution < -0.4 is 10.6 Å². The zero-order chi connectivity index (χ0) is 20.2. The highest BCUT2D eigenvalue weighted by Crippen LogP contribution is 2.28. The van der Waals surface area contributed by atoms with Gasteiger partial charge in [0.25, 0.3) is 5.91 Å². The predicted octanol–water partition coefficient (Wildman–Crippen LogP) is 4.55. The van der Waals surface area contributed by atoms with Gasteiger partial charge >= 0.3 is 0 Å². The molecule has 0 aliphatic carbocycles. The molecular formula is C22H21ClFN3O2. The van der Waals surface area contributed by atoms with Crippen molar-refractivity contribution in [3.05, 3.63) is 70.6 Å². The summed E-state index contributed by atoms with van der Waals surface area (Å²) in [6.45, 7) is 1.64. The average Bonchev–Trinajstić information content (AvgIpc) is 3.26. The highest BCUT2D eigenvalue weighted by atomic mass is 35.5. The quantitative estimate of drug-likeness (QED) is 0.622. The molecule has 2 aromatic carbocycles. The lowest BCUT2D eigenvalue weighted by molar-refractivity contribution is 0.0857. The fraction of sp³-hybridized carbons (Fsp3) is 0.273. The Balaban J connectivity index is 1.42. The number of anilines is 1. The zero-order valence-electron chi connectivity index (χ0n) is 15.8. The van der Waals surface area contributed by atoms with Crippen LogP contribution in [0.4, 0.5) is 10.1 Å². The summed E-state index contributed by atoms with van der Waals surface area (Å²) in [5, 5.41) is 7.02. The second-order valence-corrected chi connectivity index (χ2v) is 7.42. The molecule has 150 valence electrons. The minimum Gasteiger partial charge on any atom is -0.379 e. The zero-order valence-corrected chi connectivity index (χ0v) is 16.5. The van der Waals surface area contributed by atoms with Crippen molar-refractivity contribution >= 4 is 34.1 Å². The number of benzene rings is 2. The van der Waals surface area contributed by atoms with Gasteiger partial charge in [0.15, 0.2) is 5.82 Å². The first-order valence-corrected chi connectivity index (χ1v) is 9.95. The summed E-state index contributed by atoms with van der Waals surface area (Å²) in [5.74, 6) is -0.589. The Morgan fingerprint density at radius 1 is 1.28 bits per heavy atom. The van der Waals surface area contributed by atoms with Gasteiger partial charge < -0.3 is 15.4 Å². The molecule has 2 N–H and O–H groups in total. The van der Waals surface area contributed by atoms with E-state index in [0.717, 1.165) is 25.0 Å². The lowest BCUT2D eigenvalue weighted by Crippen LogP contribution is -2.31. The maximum atomic E-state index is 14.7. The molecule has 5 nitrogen and oxygen atoms in total. The van der Waals surface area contributed by atoms with Crippen LogP contribution in [0.15, 0.2) is 48.7 Å². The third kappa shape index (κ3) is 4.49. The van der Waals surface area contributed by atoms with Crippen molar-refractivity contribution < 1.29 is 13.9 Å². The third-order valence-corrected chi connectivity index (χ3v) is 5.31. The Morgan fingerprint density at radius 2 is 2.17 bits per heavy atom. The van der Waals surface area contributed by atoms with Crippen LogP contribution in [0.3, 0.4) is 0 Å². The highest BCUT2D eigenvalue weighted by molar-refractivity contribution is 6.35. The lowest BCUT2D eigenvalue weighted by Gasteiger charge is -2.12. The fourth-order valence-electron chi connectivity index (χ4n) is 3.42. The van der Waals surface area contributed by atoms with Crippen LogP contribution in [0, 0.1) is 5.82 Å². The van der Waals surface area contributed by atoms with Crippen LogP contribution in [-0.2, 0) is 11.3 Å². The van der Waals surface area contributed by atoms with Crippen molar-refractivity contribution in [1.82, 2.24) is 10.3 Å². The minimum absolute atomic E-state index is 0.0989. The summed E-state index contributed by atoms with van der Waals surface area (Å²) in [4.78, 5) is 16.5. The monoisotopic (exact) mass is 413 g/mol. The van der Waals surface area contributed by atoms with Crippen LogP contribution in [0.5, 0.6) is 0 Å². The van der Waals surface area contributed by atoms with Crippen molar-refractivity contribution in [2.24, 2.45) is 0 Å². The third-order valence-electron chi connectivity index (χ3n) is 4.98. The average molecular weight is 414 g/mol. The van der Waals surface area contributed by atoms with Gasteiger partial charge in [0.1, 0.15) is 5.52 Å². The Hall–Kier alpha value is -2.70. The highest BCUT2D eigenvalue weighted by Gasteiger charge is 2.17. The van der Waals surface area contributed by atoms with E-state index in [1.54, 1.807) is 30.3 Å². The van der Waals surface area contributed by atoms with E-state index >= 15 is 0 Å². The van der Waals surface area contributed by atoms with Gasteiger partial charge in [-0.05, 0) is 48.7 Å². The fourth-order valence-corrected chi connectivity index (χ4v) is 3.63. The Morgan fingerprint density at radius 3 is 3.00 bits per heavy atom. The Kier molecular flexibility index (Phi) is 5.92. The molecule has 0 radical (unpaired) electrons. The maximum absolute atomic E-state index is 14.7. The van der Waals surface area contributed by atoms with Crippen molar-refractivity contribution in [2.75, 3.05) is 18.5 Å². The van der Waals surface area contributed by atoms with Gasteiger partial charge in [-0.15, -0.1) is 0 Å². The Labute approximate surface area is 173 Å². The molecule has 29 heavy (non-hydrogen) atoms. The number of amides is 1. The molecule has 1 aromatic heterocycles. The second kappa shape index (κ2) is 8.76. The number of halogens is 2. The van der Waals surface area contributed by atoms with E-state index in [1.807, 2.05) is 12.1 Å². The number of hydrogen-bond donors (Lipinski definition) is 2. The first-order valence-electron chi connectivity index (χ1n) is 9.57. The lowest BCUT2D eigenvalue weighted by atomic mass is 10.1. The van der Waals surface area contributed by atoms with Crippen LogP contribution in [0.1, 0.15) is 28.8 Å². The van der Waals surface area contributed by atoms with E-state index in [0.29, 0.717) is 34.7 Å². The number of hydrogen-bond acceptors (Lipinski definition) is 4. The summed E-state index contributed by atoms with van der Waals surface area (Å²) in [6, 6.07) is 12.3. The number of nitrogens with zero attached hydrogens (tertiary/aromatic N) is 1. The summed E-state index contributed by atoms with van der Waals surface area (Å²) >= 11 is 6.10. The molecule has 0 saturated carbocycles. The SMILES string of the molecule is O=C(NCC1CCCO1)c1cccc(CNc2ccc3c(Cl)ccnc3c2F)c1. The summed E-state index contributed by atoms with van der Waals surface area (Å²) in [6.07, 6.45) is 3.59. The van der Waals surface area contributed by atoms with E-state index in [2.05, 4.69) is 15.6 Å². The van der Waals surface area contributed by atoms with E-state index in [1.165, 1.54) is 6.20 Å². The Bertz CT molecular complexity index is 1040. The molecule has 1 aliphatic heterocycles. The molecule has 4 rings (SSSR count). The summed E-state index contributed by atoms with van der Waals surface area (Å²) in [5.41, 5.74) is 1.99. The minimum atomic E-state index is -0.449. The van der Waals surface area contributed by atoms with Crippen molar-refractivity contribution in [3.8, 4) is 0 Å². The van der Waals surface area contributed by atoms with Gasteiger partial charge in [0.2, 0.25) is 0 Å². The van der Waals surface area contributed by atoms with Crippen molar-refractivity contribution in [2.45, 2.75) is 25.5 Å². The number of carbonyl (C=O) groups is 1. The number of pyridine rings is 1. The smallest absolute Gasteiger partial charge is 0.251 e. The van der Waals surface area contributed by atoms with Gasteiger partial charge in [-0.2, -0.15) is 0 Å². The van der Waals surface area contributed by atoms with Crippen LogP contribution in [0.25, 0.3) is 10.9 Å². The van der Waals surface area contributed by atoms with Crippen LogP contribution in [0.2, 0.25) is 5.02 Å². The number of aromatic nitrogens is 1. The van der Waals surface area contributed by atoms with Crippen molar-refractivity contribution in [3.63, 3.8) is 0 Å². The van der Waals surface area contributed by atoms with Crippen LogP contribution >= 0.6 is 11.6 Å². The largest absolute Gasteiger partial charge is 0.379 e. The number of carbonyl (C=O) groups excluding carboxylic acids is 1. The summed E-state index contributed by atoms with van der Waals surface area (Å²) < 4.78 is 20.3. The van der Waals surface area contributed by atoms with Gasteiger partial charge in [-0.3, -0.25) is 9.78 Å². The van der Waals surface area contributed by atoms with E-state index < -0.39 is 5.82 Å². The van der Waals surface area contributed by atoms with E-state index in [-0.39, 0.29) is 17.5 Å². The summed E-state index contributed by atoms with van der Waals surface area (Å²) in [7, 11) is 0. The second-order valence-electron chi connectivity index (χ2n) is 7.02. The molecule has 2 heterocycles. The van der Waals surface area contributed by atoms with E-state index in [4.69, 9.17) is 16.3 Å². The molecular weight excluding hydrogens is 393 g/mol. The molecule has 1 aliphatic rings. The molecule has 1 atom stereocenters. The molecule has 1 fully saturated rings. The van der Waals surface area contributed by atoms with Gasteiger partial charge in [0, 0.05) is 36.8 Å². The number of rotatable bonds is 6. The number of nitrogens with one attached hydrogen (secondary N) is 2. The number of ether oxygens (including phenoxy) is 1. The first kappa shape index (κ1) is 19.6. The molecule has 7 heteroatoms. The molecule has 3 aromatic rings. The first-order chi connectivity index (χ1) is 14.1. The topological polar surface area (TPSA) is 63.2 Å². The number of fused-ring (bicyclic) bond motifs is 1. The molecule has 1 amide bonds. The predicted molar refractivity (Wildman–Crippen MR) is 112 cm³/mol. The molecule has 0 spiro atoms. The van der Waals surface area contributed by atoms with Gasteiger partial charge in [-0.1, -0.05) is 23.7 Å².